The van der Waals surface area contributed by atoms with Gasteiger partial charge >= 0.3 is 0 Å². The fourth-order valence-corrected chi connectivity index (χ4v) is 3.30. The lowest BCUT2D eigenvalue weighted by atomic mass is 10.2. The van der Waals surface area contributed by atoms with Gasteiger partial charge < -0.3 is 14.1 Å². The van der Waals surface area contributed by atoms with E-state index < -0.39 is 6.10 Å². The number of aromatic nitrogens is 2. The Bertz CT molecular complexity index is 1190. The molecule has 0 aliphatic heterocycles. The number of hydrogen-bond donors (Lipinski definition) is 0. The van der Waals surface area contributed by atoms with Gasteiger partial charge in [0.05, 0.1) is 5.56 Å². The van der Waals surface area contributed by atoms with E-state index >= 15 is 0 Å². The van der Waals surface area contributed by atoms with Gasteiger partial charge in [-0.05, 0) is 43.3 Å². The smallest absolute Gasteiger partial charge is 0.268 e. The van der Waals surface area contributed by atoms with Crippen molar-refractivity contribution in [2.45, 2.75) is 13.0 Å². The lowest BCUT2D eigenvalue weighted by molar-refractivity contribution is -0.124. The molecule has 6 nitrogen and oxygen atoms in total. The summed E-state index contributed by atoms with van der Waals surface area (Å²) in [6.07, 6.45) is 0.947. The van der Waals surface area contributed by atoms with Crippen LogP contribution >= 0.6 is 0 Å². The molecule has 1 aromatic heterocycles. The second kappa shape index (κ2) is 9.75. The maximum Gasteiger partial charge on any atom is 0.268 e. The Morgan fingerprint density at radius 3 is 2.31 bits per heavy atom. The van der Waals surface area contributed by atoms with Crippen LogP contribution in [0.25, 0.3) is 22.9 Å². The summed E-state index contributed by atoms with van der Waals surface area (Å²) < 4.78 is 12.0. The summed E-state index contributed by atoms with van der Waals surface area (Å²) in [7, 11) is 0. The molecule has 0 spiro atoms. The van der Waals surface area contributed by atoms with E-state index in [4.69, 9.17) is 9.15 Å². The topological polar surface area (TPSA) is 68.5 Å². The van der Waals surface area contributed by atoms with Crippen molar-refractivity contribution >= 4 is 11.6 Å². The summed E-state index contributed by atoms with van der Waals surface area (Å²) in [6, 6.07) is 26.3. The molecule has 6 heteroatoms. The molecule has 1 atom stereocenters. The van der Waals surface area contributed by atoms with Crippen LogP contribution in [-0.2, 0) is 4.79 Å². The number of nitrogens with zero attached hydrogens (tertiary/aromatic N) is 3. The van der Waals surface area contributed by atoms with E-state index in [1.54, 1.807) is 24.0 Å². The van der Waals surface area contributed by atoms with Crippen LogP contribution < -0.4 is 9.64 Å². The van der Waals surface area contributed by atoms with Gasteiger partial charge in [0, 0.05) is 17.8 Å². The molecule has 4 rings (SSSR count). The third kappa shape index (κ3) is 4.59. The lowest BCUT2D eigenvalue weighted by Gasteiger charge is -2.25. The normalized spacial score (nSPS) is 11.5. The molecule has 0 N–H and O–H groups in total. The maximum atomic E-state index is 13.2. The highest BCUT2D eigenvalue weighted by molar-refractivity contribution is 5.96. The summed E-state index contributed by atoms with van der Waals surface area (Å²) >= 11 is 0. The molecule has 0 aliphatic rings. The molecular weight excluding hydrogens is 402 g/mol. The van der Waals surface area contributed by atoms with E-state index in [2.05, 4.69) is 16.8 Å². The van der Waals surface area contributed by atoms with Crippen molar-refractivity contribution in [1.82, 2.24) is 10.2 Å². The van der Waals surface area contributed by atoms with Crippen molar-refractivity contribution in [3.05, 3.63) is 97.6 Å². The molecule has 0 fully saturated rings. The number of carbonyl (C=O) groups excluding carboxylic acids is 1. The van der Waals surface area contributed by atoms with Gasteiger partial charge in [0.25, 0.3) is 11.8 Å². The first-order chi connectivity index (χ1) is 15.7. The summed E-state index contributed by atoms with van der Waals surface area (Å²) in [4.78, 5) is 14.8. The SMILES string of the molecule is C=CCN(C(=O)C(C)Oc1ccccc1-c1nnc(-c2ccccc2)o1)c1ccccc1. The van der Waals surface area contributed by atoms with E-state index in [0.29, 0.717) is 29.6 Å². The van der Waals surface area contributed by atoms with Gasteiger partial charge in [-0.3, -0.25) is 4.79 Å². The van der Waals surface area contributed by atoms with Crippen LogP contribution in [0, 0.1) is 0 Å². The quantitative estimate of drug-likeness (QED) is 0.354. The van der Waals surface area contributed by atoms with Gasteiger partial charge in [-0.1, -0.05) is 54.6 Å². The van der Waals surface area contributed by atoms with E-state index in [9.17, 15) is 4.79 Å². The standard InChI is InChI=1S/C26H23N3O3/c1-3-18-29(21-14-8-5-9-15-21)26(30)19(2)31-23-17-11-10-16-22(23)25-28-27-24(32-25)20-12-6-4-7-13-20/h3-17,19H,1,18H2,2H3. The highest BCUT2D eigenvalue weighted by atomic mass is 16.5. The Balaban J connectivity index is 1.57. The van der Waals surface area contributed by atoms with Crippen LogP contribution in [0.3, 0.4) is 0 Å². The largest absolute Gasteiger partial charge is 0.480 e. The van der Waals surface area contributed by atoms with Crippen LogP contribution in [0.15, 0.2) is 102 Å². The van der Waals surface area contributed by atoms with Crippen molar-refractivity contribution in [2.24, 2.45) is 0 Å². The van der Waals surface area contributed by atoms with Gasteiger partial charge in [-0.15, -0.1) is 16.8 Å². The highest BCUT2D eigenvalue weighted by Gasteiger charge is 2.24. The van der Waals surface area contributed by atoms with Gasteiger partial charge in [0.1, 0.15) is 5.75 Å². The monoisotopic (exact) mass is 425 g/mol. The van der Waals surface area contributed by atoms with Crippen molar-refractivity contribution in [2.75, 3.05) is 11.4 Å². The number of rotatable bonds is 8. The van der Waals surface area contributed by atoms with Gasteiger partial charge in [-0.25, -0.2) is 0 Å². The minimum absolute atomic E-state index is 0.179. The first-order valence-electron chi connectivity index (χ1n) is 10.3. The number of hydrogen-bond acceptors (Lipinski definition) is 5. The van der Waals surface area contributed by atoms with Crippen LogP contribution in [0.1, 0.15) is 6.92 Å². The average Bonchev–Trinajstić information content (AvgIpc) is 3.34. The lowest BCUT2D eigenvalue weighted by Crippen LogP contribution is -2.40. The molecule has 1 amide bonds. The highest BCUT2D eigenvalue weighted by Crippen LogP contribution is 2.32. The van der Waals surface area contributed by atoms with Crippen LogP contribution in [0.5, 0.6) is 5.75 Å². The second-order valence-electron chi connectivity index (χ2n) is 7.11. The third-order valence-electron chi connectivity index (χ3n) is 4.86. The number of benzene rings is 3. The first-order valence-corrected chi connectivity index (χ1v) is 10.3. The molecule has 0 saturated heterocycles. The summed E-state index contributed by atoms with van der Waals surface area (Å²) in [5, 5.41) is 8.33. The minimum Gasteiger partial charge on any atom is -0.480 e. The summed E-state index contributed by atoms with van der Waals surface area (Å²) in [5.74, 6) is 1.05. The van der Waals surface area contributed by atoms with E-state index in [1.165, 1.54) is 0 Å². The molecule has 160 valence electrons. The minimum atomic E-state index is -0.743. The van der Waals surface area contributed by atoms with Crippen LogP contribution in [0.2, 0.25) is 0 Å². The Morgan fingerprint density at radius 1 is 0.969 bits per heavy atom. The van der Waals surface area contributed by atoms with Crippen molar-refractivity contribution in [1.29, 1.82) is 0 Å². The van der Waals surface area contributed by atoms with Gasteiger partial charge in [0.2, 0.25) is 5.89 Å². The third-order valence-corrected chi connectivity index (χ3v) is 4.86. The van der Waals surface area contributed by atoms with Crippen molar-refractivity contribution in [3.63, 3.8) is 0 Å². The second-order valence-corrected chi connectivity index (χ2v) is 7.11. The van der Waals surface area contributed by atoms with E-state index in [1.807, 2.05) is 78.9 Å². The van der Waals surface area contributed by atoms with Crippen LogP contribution in [-0.4, -0.2) is 28.8 Å². The molecule has 1 heterocycles. The van der Waals surface area contributed by atoms with E-state index in [-0.39, 0.29) is 5.91 Å². The Labute approximate surface area is 186 Å². The molecule has 32 heavy (non-hydrogen) atoms. The number of ether oxygens (including phenoxy) is 1. The fraction of sp³-hybridized carbons (Fsp3) is 0.115. The molecule has 0 aliphatic carbocycles. The van der Waals surface area contributed by atoms with Gasteiger partial charge in [0.15, 0.2) is 6.10 Å². The Hall–Kier alpha value is -4.19. The first kappa shape index (κ1) is 21.1. The Kier molecular flexibility index (Phi) is 6.41. The predicted octanol–water partition coefficient (Wildman–Crippen LogP) is 5.39. The number of para-hydroxylation sites is 2. The summed E-state index contributed by atoms with van der Waals surface area (Å²) in [5.41, 5.74) is 2.23. The predicted molar refractivity (Wildman–Crippen MR) is 124 cm³/mol. The van der Waals surface area contributed by atoms with E-state index in [0.717, 1.165) is 11.3 Å². The Morgan fingerprint density at radius 2 is 1.59 bits per heavy atom. The number of amides is 1. The summed E-state index contributed by atoms with van der Waals surface area (Å²) in [6.45, 7) is 5.87. The molecule has 3 aromatic carbocycles. The van der Waals surface area contributed by atoms with Crippen molar-refractivity contribution < 1.29 is 13.9 Å². The zero-order valence-electron chi connectivity index (χ0n) is 17.7. The van der Waals surface area contributed by atoms with Gasteiger partial charge in [-0.2, -0.15) is 0 Å². The van der Waals surface area contributed by atoms with Crippen molar-refractivity contribution in [3.8, 4) is 28.7 Å². The molecule has 0 saturated carbocycles. The van der Waals surface area contributed by atoms with Crippen LogP contribution in [0.4, 0.5) is 5.69 Å². The molecule has 0 radical (unpaired) electrons. The molecule has 0 bridgehead atoms. The number of anilines is 1. The zero-order valence-corrected chi connectivity index (χ0v) is 17.7. The zero-order chi connectivity index (χ0) is 22.3. The molecular formula is C26H23N3O3. The molecule has 4 aromatic rings. The molecule has 1 unspecified atom stereocenters. The number of carbonyl (C=O) groups is 1. The maximum absolute atomic E-state index is 13.2. The fourth-order valence-electron chi connectivity index (χ4n) is 3.30. The average molecular weight is 425 g/mol.